The summed E-state index contributed by atoms with van der Waals surface area (Å²) in [4.78, 5) is 4.44. The highest BCUT2D eigenvalue weighted by atomic mass is 19.4. The Morgan fingerprint density at radius 1 is 0.349 bits per heavy atom. The average Bonchev–Trinajstić information content (AvgIpc) is 0.984. The summed E-state index contributed by atoms with van der Waals surface area (Å²) in [7, 11) is 0. The van der Waals surface area contributed by atoms with E-state index in [1.54, 1.807) is 0 Å². The van der Waals surface area contributed by atoms with Crippen LogP contribution in [0.5, 0.6) is 0 Å². The Morgan fingerprint density at radius 3 is 1.12 bits per heavy atom. The molecular weight excluding hydrogens is 1080 g/mol. The molecule has 4 heterocycles. The maximum Gasteiger partial charge on any atom is 0.416 e. The second-order valence-electron chi connectivity index (χ2n) is 23.3. The van der Waals surface area contributed by atoms with Crippen LogP contribution >= 0.6 is 0 Å². The van der Waals surface area contributed by atoms with Crippen LogP contribution in [-0.2, 0) is 23.2 Å². The number of anilines is 6. The lowest BCUT2D eigenvalue weighted by atomic mass is 9.69. The lowest BCUT2D eigenvalue weighted by Gasteiger charge is -2.44. The molecule has 0 radical (unpaired) electrons. The van der Waals surface area contributed by atoms with Crippen molar-refractivity contribution >= 4 is 77.7 Å². The molecule has 11 aromatic carbocycles. The first kappa shape index (κ1) is 52.5. The van der Waals surface area contributed by atoms with Gasteiger partial charge >= 0.3 is 12.4 Å². The third-order valence-electron chi connectivity index (χ3n) is 17.9. The second kappa shape index (κ2) is 18.8. The molecule has 0 spiro atoms. The van der Waals surface area contributed by atoms with Gasteiger partial charge in [-0.1, -0.05) is 173 Å². The van der Waals surface area contributed by atoms with Crippen LogP contribution in [-0.4, -0.2) is 9.13 Å². The van der Waals surface area contributed by atoms with Crippen LogP contribution in [0.3, 0.4) is 0 Å². The van der Waals surface area contributed by atoms with E-state index in [1.165, 1.54) is 12.1 Å². The molecule has 0 saturated heterocycles. The van der Waals surface area contributed by atoms with Crippen LogP contribution in [0.4, 0.5) is 60.5 Å². The summed E-state index contributed by atoms with van der Waals surface area (Å²) in [6.45, 7) is 8.65. The number of para-hydroxylation sites is 6. The number of rotatable bonds is 6. The van der Waals surface area contributed by atoms with Gasteiger partial charge in [0, 0.05) is 54.9 Å². The van der Waals surface area contributed by atoms with Crippen molar-refractivity contribution in [3.8, 4) is 39.7 Å². The molecule has 2 aromatic heterocycles. The fraction of sp³-hybridized carbons (Fsp3) is 0.107. The highest BCUT2D eigenvalue weighted by Crippen LogP contribution is 2.60. The topological polar surface area (TPSA) is 40.1 Å². The molecule has 0 saturated carbocycles. The van der Waals surface area contributed by atoms with Gasteiger partial charge in [-0.25, -0.2) is 0 Å². The lowest BCUT2D eigenvalue weighted by molar-refractivity contribution is -0.138. The third-order valence-corrected chi connectivity index (χ3v) is 17.9. The van der Waals surface area contributed by atoms with Crippen molar-refractivity contribution in [1.82, 2.24) is 9.13 Å². The Kier molecular flexibility index (Phi) is 11.5. The highest BCUT2D eigenvalue weighted by molar-refractivity contribution is 6.13. The Morgan fingerprint density at radius 2 is 0.709 bits per heavy atom. The first-order valence-electron chi connectivity index (χ1n) is 28.5. The molecule has 418 valence electrons. The Hall–Kier alpha value is -10.3. The predicted octanol–water partition coefficient (Wildman–Crippen LogP) is 21.3. The van der Waals surface area contributed by atoms with E-state index in [4.69, 9.17) is 0 Å². The number of alkyl halides is 6. The van der Waals surface area contributed by atoms with Crippen LogP contribution in [0.15, 0.2) is 237 Å². The summed E-state index contributed by atoms with van der Waals surface area (Å²) in [5, 5.41) is 15.3. The van der Waals surface area contributed by atoms with Crippen molar-refractivity contribution in [3.63, 3.8) is 0 Å². The standard InChI is InChI=1S/C75H51F6N5/c1-72(2)56-29-13-17-33-60(56)83(47-21-7-5-8-22-47)62-35-19-27-53(70(62)72)68-55(44-82)69(54-28-20-36-63-71(54)73(3,4)57-30-14-18-34-61(57)84(63)48-23-9-6-10-24-48)67(86-59-32-16-12-26-50(59)52-40-38-46(42-65(52)86)75(79,80)81)43-66(68)85-58-31-15-11-25-49(58)51-39-37-45(41-64(51)85)74(76,77)78/h5-43H,1-4H3. The minimum absolute atomic E-state index is 0.164. The van der Waals surface area contributed by atoms with Gasteiger partial charge in [0.2, 0.25) is 0 Å². The number of benzene rings is 11. The minimum atomic E-state index is -4.74. The van der Waals surface area contributed by atoms with Crippen LogP contribution < -0.4 is 9.80 Å². The SMILES string of the molecule is CC1(C)c2ccccc2N(c2ccccc2)c2cccc(-c3c(-n4c5ccccc5c5ccc(C(F)(F)F)cc54)cc(-n4c5ccccc5c5ccc(C(F)(F)F)cc54)c(-c4cccc5c4C(C)(C)c4ccccc4N5c4ccccc4)c3C#N)c21. The summed E-state index contributed by atoms with van der Waals surface area (Å²) in [5.41, 5.74) is 10.2. The molecule has 5 nitrogen and oxygen atoms in total. The Balaban J connectivity index is 1.19. The van der Waals surface area contributed by atoms with E-state index in [0.29, 0.717) is 66.2 Å². The van der Waals surface area contributed by atoms with Crippen molar-refractivity contribution in [2.45, 2.75) is 50.9 Å². The molecule has 0 aliphatic carbocycles. The smallest absolute Gasteiger partial charge is 0.310 e. The normalized spacial score (nSPS) is 14.3. The van der Waals surface area contributed by atoms with Gasteiger partial charge in [-0.15, -0.1) is 0 Å². The van der Waals surface area contributed by atoms with Crippen LogP contribution in [0.2, 0.25) is 0 Å². The van der Waals surface area contributed by atoms with E-state index in [1.807, 2.05) is 173 Å². The minimum Gasteiger partial charge on any atom is -0.310 e. The number of nitrogens with zero attached hydrogens (tertiary/aromatic N) is 5. The van der Waals surface area contributed by atoms with Gasteiger partial charge in [0.05, 0.1) is 72.9 Å². The molecule has 0 amide bonds. The molecule has 0 N–H and O–H groups in total. The van der Waals surface area contributed by atoms with Gasteiger partial charge in [0.25, 0.3) is 0 Å². The van der Waals surface area contributed by atoms with E-state index >= 15 is 26.3 Å². The number of aromatic nitrogens is 2. The molecule has 0 atom stereocenters. The monoisotopic (exact) mass is 1140 g/mol. The van der Waals surface area contributed by atoms with E-state index in [0.717, 1.165) is 80.6 Å². The largest absolute Gasteiger partial charge is 0.416 e. The van der Waals surface area contributed by atoms with Gasteiger partial charge in [0.1, 0.15) is 6.07 Å². The Bertz CT molecular complexity index is 4700. The number of hydrogen-bond donors (Lipinski definition) is 0. The van der Waals surface area contributed by atoms with Gasteiger partial charge in [-0.05, 0) is 124 Å². The summed E-state index contributed by atoms with van der Waals surface area (Å²) < 4.78 is 95.6. The number of hydrogen-bond acceptors (Lipinski definition) is 3. The molecule has 0 unspecified atom stereocenters. The molecule has 15 rings (SSSR count). The number of nitriles is 1. The predicted molar refractivity (Wildman–Crippen MR) is 334 cm³/mol. The van der Waals surface area contributed by atoms with E-state index < -0.39 is 34.3 Å². The van der Waals surface area contributed by atoms with Crippen LogP contribution in [0.25, 0.3) is 77.2 Å². The number of fused-ring (bicyclic) bond motifs is 10. The van der Waals surface area contributed by atoms with Crippen LogP contribution in [0, 0.1) is 11.3 Å². The van der Waals surface area contributed by atoms with E-state index in [-0.39, 0.29) is 16.6 Å². The summed E-state index contributed by atoms with van der Waals surface area (Å²) in [6.07, 6.45) is -9.49. The zero-order valence-corrected chi connectivity index (χ0v) is 47.0. The van der Waals surface area contributed by atoms with Crippen molar-refractivity contribution in [1.29, 1.82) is 5.26 Å². The second-order valence-corrected chi connectivity index (χ2v) is 23.3. The molecule has 2 aliphatic heterocycles. The molecular formula is C75H51F6N5. The van der Waals surface area contributed by atoms with Gasteiger partial charge in [-0.3, -0.25) is 0 Å². The zero-order chi connectivity index (χ0) is 59.2. The van der Waals surface area contributed by atoms with Crippen molar-refractivity contribution in [2.75, 3.05) is 9.80 Å². The van der Waals surface area contributed by atoms with Crippen molar-refractivity contribution in [3.05, 3.63) is 276 Å². The maximum absolute atomic E-state index is 15.3. The molecule has 13 aromatic rings. The summed E-state index contributed by atoms with van der Waals surface area (Å²) >= 11 is 0. The maximum atomic E-state index is 15.3. The summed E-state index contributed by atoms with van der Waals surface area (Å²) in [5.74, 6) is 0. The van der Waals surface area contributed by atoms with E-state index in [2.05, 4.69) is 80.0 Å². The third kappa shape index (κ3) is 7.64. The molecule has 0 fully saturated rings. The van der Waals surface area contributed by atoms with Gasteiger partial charge in [0.15, 0.2) is 0 Å². The fourth-order valence-electron chi connectivity index (χ4n) is 14.3. The molecule has 0 bridgehead atoms. The average molecular weight is 1140 g/mol. The molecule has 11 heteroatoms. The summed E-state index contributed by atoms with van der Waals surface area (Å²) in [6, 6.07) is 75.7. The highest BCUT2D eigenvalue weighted by Gasteiger charge is 2.44. The van der Waals surface area contributed by atoms with Crippen LogP contribution in [0.1, 0.15) is 66.6 Å². The van der Waals surface area contributed by atoms with Gasteiger partial charge in [-0.2, -0.15) is 31.6 Å². The van der Waals surface area contributed by atoms with Crippen molar-refractivity contribution < 1.29 is 26.3 Å². The zero-order valence-electron chi connectivity index (χ0n) is 47.0. The molecule has 86 heavy (non-hydrogen) atoms. The van der Waals surface area contributed by atoms with E-state index in [9.17, 15) is 5.26 Å². The first-order valence-corrected chi connectivity index (χ1v) is 28.5. The fourth-order valence-corrected chi connectivity index (χ4v) is 14.3. The lowest BCUT2D eigenvalue weighted by Crippen LogP contribution is -2.31. The Labute approximate surface area is 492 Å². The van der Waals surface area contributed by atoms with Crippen molar-refractivity contribution in [2.24, 2.45) is 0 Å². The van der Waals surface area contributed by atoms with Gasteiger partial charge < -0.3 is 18.9 Å². The quantitative estimate of drug-likeness (QED) is 0.156. The number of halogens is 6. The first-order chi connectivity index (χ1) is 41.5. The molecule has 2 aliphatic rings.